The third-order valence-electron chi connectivity index (χ3n) is 3.10. The summed E-state index contributed by atoms with van der Waals surface area (Å²) in [5.74, 6) is 0.581. The van der Waals surface area contributed by atoms with E-state index in [2.05, 4.69) is 14.9 Å². The number of aromatic nitrogens is 2. The molecule has 0 unspecified atom stereocenters. The average Bonchev–Trinajstić information content (AvgIpc) is 2.87. The molecule has 5 nitrogen and oxygen atoms in total. The van der Waals surface area contributed by atoms with E-state index in [0.29, 0.717) is 5.82 Å². The van der Waals surface area contributed by atoms with Crippen LogP contribution < -0.4 is 4.72 Å². The smallest absolute Gasteiger partial charge is 0.263 e. The molecule has 1 aromatic heterocycles. The highest BCUT2D eigenvalue weighted by Crippen LogP contribution is 2.19. The van der Waals surface area contributed by atoms with Crippen LogP contribution in [0.3, 0.4) is 0 Å². The molecule has 0 radical (unpaired) electrons. The van der Waals surface area contributed by atoms with E-state index >= 15 is 0 Å². The Morgan fingerprint density at radius 1 is 1.25 bits per heavy atom. The largest absolute Gasteiger partial charge is 0.280 e. The summed E-state index contributed by atoms with van der Waals surface area (Å²) in [5, 5.41) is 6.79. The first-order valence-electron chi connectivity index (χ1n) is 6.59. The fourth-order valence-electron chi connectivity index (χ4n) is 1.79. The number of aryl methyl sites for hydroxylation is 1. The predicted molar refractivity (Wildman–Crippen MR) is 79.3 cm³/mol. The van der Waals surface area contributed by atoms with Crippen LogP contribution in [0.5, 0.6) is 0 Å². The lowest BCUT2D eigenvalue weighted by Crippen LogP contribution is -2.13. The molecule has 0 bridgehead atoms. The Kier molecular flexibility index (Phi) is 4.13. The fourth-order valence-corrected chi connectivity index (χ4v) is 2.78. The Labute approximate surface area is 119 Å². The molecule has 1 heterocycles. The maximum Gasteiger partial charge on any atom is 0.263 e. The first-order valence-corrected chi connectivity index (χ1v) is 8.07. The number of hydrogen-bond acceptors (Lipinski definition) is 3. The van der Waals surface area contributed by atoms with Gasteiger partial charge in [0.15, 0.2) is 5.82 Å². The number of anilines is 1. The van der Waals surface area contributed by atoms with E-state index in [4.69, 9.17) is 0 Å². The van der Waals surface area contributed by atoms with Crippen molar-refractivity contribution in [3.63, 3.8) is 0 Å². The molecule has 6 heteroatoms. The number of rotatable bonds is 5. The lowest BCUT2D eigenvalue weighted by atomic mass is 10.1. The van der Waals surface area contributed by atoms with Gasteiger partial charge in [0.1, 0.15) is 0 Å². The van der Waals surface area contributed by atoms with E-state index < -0.39 is 10.0 Å². The summed E-state index contributed by atoms with van der Waals surface area (Å²) >= 11 is 0. The molecule has 1 aromatic carbocycles. The second kappa shape index (κ2) is 5.66. The van der Waals surface area contributed by atoms with E-state index in [1.165, 1.54) is 0 Å². The van der Waals surface area contributed by atoms with Gasteiger partial charge < -0.3 is 0 Å². The van der Waals surface area contributed by atoms with E-state index in [0.717, 1.165) is 17.7 Å². The molecule has 0 amide bonds. The van der Waals surface area contributed by atoms with Gasteiger partial charge in [0, 0.05) is 11.8 Å². The van der Waals surface area contributed by atoms with Gasteiger partial charge in [-0.05, 0) is 30.0 Å². The summed E-state index contributed by atoms with van der Waals surface area (Å²) in [6.07, 6.45) is 0.880. The van der Waals surface area contributed by atoms with Crippen LogP contribution >= 0.6 is 0 Å². The van der Waals surface area contributed by atoms with Crippen LogP contribution in [-0.2, 0) is 16.4 Å². The van der Waals surface area contributed by atoms with Gasteiger partial charge in [-0.15, -0.1) is 0 Å². The zero-order valence-corrected chi connectivity index (χ0v) is 12.7. The first kappa shape index (κ1) is 14.6. The van der Waals surface area contributed by atoms with Crippen LogP contribution in [0.15, 0.2) is 35.2 Å². The van der Waals surface area contributed by atoms with Gasteiger partial charge in [-0.25, -0.2) is 8.42 Å². The summed E-state index contributed by atoms with van der Waals surface area (Å²) in [6.45, 7) is 6.05. The quantitative estimate of drug-likeness (QED) is 0.890. The molecule has 0 aliphatic carbocycles. The van der Waals surface area contributed by atoms with Gasteiger partial charge in [0.25, 0.3) is 10.0 Å². The Morgan fingerprint density at radius 2 is 1.90 bits per heavy atom. The van der Waals surface area contributed by atoms with Gasteiger partial charge in [-0.3, -0.25) is 9.82 Å². The van der Waals surface area contributed by atoms with Crippen molar-refractivity contribution < 1.29 is 8.42 Å². The zero-order valence-electron chi connectivity index (χ0n) is 11.8. The van der Waals surface area contributed by atoms with E-state index in [1.54, 1.807) is 18.2 Å². The van der Waals surface area contributed by atoms with Crippen molar-refractivity contribution in [3.05, 3.63) is 41.6 Å². The lowest BCUT2D eigenvalue weighted by Gasteiger charge is -2.06. The highest BCUT2D eigenvalue weighted by molar-refractivity contribution is 7.92. The van der Waals surface area contributed by atoms with Gasteiger partial charge >= 0.3 is 0 Å². The lowest BCUT2D eigenvalue weighted by molar-refractivity contribution is 0.601. The van der Waals surface area contributed by atoms with Gasteiger partial charge in [-0.2, -0.15) is 5.10 Å². The monoisotopic (exact) mass is 293 g/mol. The van der Waals surface area contributed by atoms with Crippen LogP contribution in [-0.4, -0.2) is 18.6 Å². The summed E-state index contributed by atoms with van der Waals surface area (Å²) < 4.78 is 26.9. The van der Waals surface area contributed by atoms with Crippen molar-refractivity contribution in [3.8, 4) is 0 Å². The summed E-state index contributed by atoms with van der Waals surface area (Å²) in [6, 6.07) is 8.56. The summed E-state index contributed by atoms with van der Waals surface area (Å²) in [5.41, 5.74) is 2.00. The number of aromatic amines is 1. The van der Waals surface area contributed by atoms with E-state index in [9.17, 15) is 8.42 Å². The molecule has 2 N–H and O–H groups in total. The molecule has 2 rings (SSSR count). The van der Waals surface area contributed by atoms with Gasteiger partial charge in [-0.1, -0.05) is 32.9 Å². The number of hydrogen-bond donors (Lipinski definition) is 2. The second-order valence-electron chi connectivity index (χ2n) is 4.97. The minimum Gasteiger partial charge on any atom is -0.280 e. The molecular weight excluding hydrogens is 274 g/mol. The summed E-state index contributed by atoms with van der Waals surface area (Å²) in [4.78, 5) is 0.240. The minimum atomic E-state index is -3.58. The molecule has 0 fully saturated rings. The van der Waals surface area contributed by atoms with Crippen molar-refractivity contribution in [2.75, 3.05) is 4.72 Å². The number of nitrogens with one attached hydrogen (secondary N) is 2. The van der Waals surface area contributed by atoms with Gasteiger partial charge in [0.2, 0.25) is 0 Å². The van der Waals surface area contributed by atoms with Crippen LogP contribution in [0.4, 0.5) is 5.82 Å². The topological polar surface area (TPSA) is 74.8 Å². The maximum atomic E-state index is 12.2. The van der Waals surface area contributed by atoms with Crippen LogP contribution in [0.1, 0.15) is 37.9 Å². The van der Waals surface area contributed by atoms with Crippen molar-refractivity contribution in [2.24, 2.45) is 0 Å². The van der Waals surface area contributed by atoms with E-state index in [1.807, 2.05) is 32.9 Å². The molecule has 0 aliphatic rings. The Bertz CT molecular complexity index is 673. The highest BCUT2D eigenvalue weighted by atomic mass is 32.2. The Hall–Kier alpha value is -1.82. The number of benzene rings is 1. The molecule has 0 spiro atoms. The van der Waals surface area contributed by atoms with Crippen molar-refractivity contribution in [1.29, 1.82) is 0 Å². The fraction of sp³-hybridized carbons (Fsp3) is 0.357. The molecule has 0 aliphatic heterocycles. The third-order valence-corrected chi connectivity index (χ3v) is 4.47. The highest BCUT2D eigenvalue weighted by Gasteiger charge is 2.16. The SMILES string of the molecule is CCc1ccc(S(=O)(=O)Nc2cc(C(C)C)[nH]n2)cc1. The zero-order chi connectivity index (χ0) is 14.8. The van der Waals surface area contributed by atoms with Crippen LogP contribution in [0.2, 0.25) is 0 Å². The van der Waals surface area contributed by atoms with Crippen LogP contribution in [0.25, 0.3) is 0 Å². The molecule has 0 saturated heterocycles. The molecule has 20 heavy (non-hydrogen) atoms. The number of sulfonamides is 1. The second-order valence-corrected chi connectivity index (χ2v) is 6.65. The Balaban J connectivity index is 2.21. The molecule has 108 valence electrons. The van der Waals surface area contributed by atoms with Gasteiger partial charge in [0.05, 0.1) is 4.90 Å². The van der Waals surface area contributed by atoms with Crippen molar-refractivity contribution >= 4 is 15.8 Å². The number of nitrogens with zero attached hydrogens (tertiary/aromatic N) is 1. The first-order chi connectivity index (χ1) is 9.42. The number of H-pyrrole nitrogens is 1. The molecule has 0 atom stereocenters. The summed E-state index contributed by atoms with van der Waals surface area (Å²) in [7, 11) is -3.58. The van der Waals surface area contributed by atoms with Crippen molar-refractivity contribution in [2.45, 2.75) is 38.0 Å². The maximum absolute atomic E-state index is 12.2. The normalized spacial score (nSPS) is 11.8. The Morgan fingerprint density at radius 3 is 2.40 bits per heavy atom. The standard InChI is InChI=1S/C14H19N3O2S/c1-4-11-5-7-12(8-6-11)20(18,19)17-14-9-13(10(2)3)15-16-14/h5-10H,4H2,1-3H3,(H2,15,16,17). The molecular formula is C14H19N3O2S. The van der Waals surface area contributed by atoms with E-state index in [-0.39, 0.29) is 10.8 Å². The third kappa shape index (κ3) is 3.19. The minimum absolute atomic E-state index is 0.240. The molecule has 2 aromatic rings. The predicted octanol–water partition coefficient (Wildman–Crippen LogP) is 2.90. The van der Waals surface area contributed by atoms with Crippen LogP contribution in [0, 0.1) is 0 Å². The average molecular weight is 293 g/mol. The molecule has 0 saturated carbocycles. The van der Waals surface area contributed by atoms with Crippen molar-refractivity contribution in [1.82, 2.24) is 10.2 Å².